The SMILES string of the molecule is C=C(Cl)CNC(=O)c1ccc(S(N)(=O)=O)cc1. The number of nitrogens with two attached hydrogens (primary N) is 1. The zero-order valence-corrected chi connectivity index (χ0v) is 10.4. The van der Waals surface area contributed by atoms with Crippen LogP contribution in [-0.4, -0.2) is 20.9 Å². The van der Waals surface area contributed by atoms with Crippen LogP contribution in [0.1, 0.15) is 10.4 Å². The first kappa shape index (κ1) is 13.7. The molecule has 17 heavy (non-hydrogen) atoms. The van der Waals surface area contributed by atoms with Crippen LogP contribution in [0.15, 0.2) is 40.8 Å². The fraction of sp³-hybridized carbons (Fsp3) is 0.100. The predicted molar refractivity (Wildman–Crippen MR) is 65.1 cm³/mol. The molecule has 0 aliphatic rings. The van der Waals surface area contributed by atoms with Gasteiger partial charge in [0.05, 0.1) is 11.4 Å². The summed E-state index contributed by atoms with van der Waals surface area (Å²) in [7, 11) is -3.74. The Labute approximate surface area is 104 Å². The molecule has 0 bridgehead atoms. The van der Waals surface area contributed by atoms with E-state index in [1.165, 1.54) is 24.3 Å². The number of benzene rings is 1. The normalized spacial score (nSPS) is 10.9. The minimum absolute atomic E-state index is 0.0456. The maximum Gasteiger partial charge on any atom is 0.251 e. The molecule has 0 atom stereocenters. The molecule has 0 unspecified atom stereocenters. The van der Waals surface area contributed by atoms with Gasteiger partial charge in [0, 0.05) is 10.6 Å². The minimum Gasteiger partial charge on any atom is -0.347 e. The zero-order chi connectivity index (χ0) is 13.1. The van der Waals surface area contributed by atoms with Crippen LogP contribution in [0.2, 0.25) is 0 Å². The quantitative estimate of drug-likeness (QED) is 0.852. The number of halogens is 1. The van der Waals surface area contributed by atoms with E-state index < -0.39 is 10.0 Å². The number of carbonyl (C=O) groups is 1. The number of hydrogen-bond acceptors (Lipinski definition) is 3. The molecule has 0 aromatic heterocycles. The van der Waals surface area contributed by atoms with Gasteiger partial charge in [-0.25, -0.2) is 13.6 Å². The Balaban J connectivity index is 2.81. The molecule has 1 aromatic rings. The van der Waals surface area contributed by atoms with Gasteiger partial charge in [-0.05, 0) is 24.3 Å². The van der Waals surface area contributed by atoms with Gasteiger partial charge in [0.25, 0.3) is 5.91 Å². The van der Waals surface area contributed by atoms with E-state index in [2.05, 4.69) is 11.9 Å². The highest BCUT2D eigenvalue weighted by molar-refractivity contribution is 7.89. The maximum absolute atomic E-state index is 11.5. The van der Waals surface area contributed by atoms with Crippen molar-refractivity contribution >= 4 is 27.5 Å². The van der Waals surface area contributed by atoms with Crippen molar-refractivity contribution in [2.24, 2.45) is 5.14 Å². The summed E-state index contributed by atoms with van der Waals surface area (Å²) in [6.07, 6.45) is 0. The molecule has 0 spiro atoms. The maximum atomic E-state index is 11.5. The van der Waals surface area contributed by atoms with E-state index in [1.807, 2.05) is 0 Å². The van der Waals surface area contributed by atoms with Gasteiger partial charge in [0.2, 0.25) is 10.0 Å². The number of rotatable bonds is 4. The molecule has 5 nitrogen and oxygen atoms in total. The summed E-state index contributed by atoms with van der Waals surface area (Å²) in [5, 5.41) is 7.73. The summed E-state index contributed by atoms with van der Waals surface area (Å²) >= 11 is 5.49. The van der Waals surface area contributed by atoms with Crippen molar-refractivity contribution < 1.29 is 13.2 Å². The van der Waals surface area contributed by atoms with E-state index in [9.17, 15) is 13.2 Å². The third kappa shape index (κ3) is 4.18. The predicted octanol–water partition coefficient (Wildman–Crippen LogP) is 0.816. The molecule has 1 rings (SSSR count). The smallest absolute Gasteiger partial charge is 0.251 e. The molecule has 0 aliphatic carbocycles. The van der Waals surface area contributed by atoms with E-state index in [0.717, 1.165) is 0 Å². The highest BCUT2D eigenvalue weighted by Gasteiger charge is 2.09. The Kier molecular flexibility index (Phi) is 4.28. The van der Waals surface area contributed by atoms with Gasteiger partial charge in [-0.2, -0.15) is 0 Å². The van der Waals surface area contributed by atoms with Gasteiger partial charge < -0.3 is 5.32 Å². The second-order valence-electron chi connectivity index (χ2n) is 3.27. The summed E-state index contributed by atoms with van der Waals surface area (Å²) < 4.78 is 22.0. The van der Waals surface area contributed by atoms with E-state index in [-0.39, 0.29) is 17.3 Å². The van der Waals surface area contributed by atoms with Crippen LogP contribution >= 0.6 is 11.6 Å². The van der Waals surface area contributed by atoms with Crippen molar-refractivity contribution in [2.75, 3.05) is 6.54 Å². The third-order valence-corrected chi connectivity index (χ3v) is 2.95. The zero-order valence-electron chi connectivity index (χ0n) is 8.81. The standard InChI is InChI=1S/C10H11ClN2O3S/c1-7(11)6-13-10(14)8-2-4-9(5-3-8)17(12,15)16/h2-5H,1,6H2,(H,13,14)(H2,12,15,16). The fourth-order valence-corrected chi connectivity index (χ4v) is 1.66. The first-order valence-corrected chi connectivity index (χ1v) is 6.47. The summed E-state index contributed by atoms with van der Waals surface area (Å²) in [5.41, 5.74) is 0.315. The molecule has 92 valence electrons. The van der Waals surface area contributed by atoms with Crippen molar-refractivity contribution in [3.63, 3.8) is 0 Å². The lowest BCUT2D eigenvalue weighted by Crippen LogP contribution is -2.24. The molecule has 0 aliphatic heterocycles. The number of primary sulfonamides is 1. The molecular formula is C10H11ClN2O3S. The second kappa shape index (κ2) is 5.31. The van der Waals surface area contributed by atoms with E-state index in [1.54, 1.807) is 0 Å². The van der Waals surface area contributed by atoms with Crippen molar-refractivity contribution in [2.45, 2.75) is 4.90 Å². The molecule has 3 N–H and O–H groups in total. The molecule has 1 aromatic carbocycles. The first-order chi connectivity index (χ1) is 7.80. The lowest BCUT2D eigenvalue weighted by Gasteiger charge is -2.04. The lowest BCUT2D eigenvalue weighted by molar-refractivity contribution is 0.0957. The van der Waals surface area contributed by atoms with Crippen molar-refractivity contribution in [3.05, 3.63) is 41.4 Å². The molecule has 0 saturated carbocycles. The van der Waals surface area contributed by atoms with Crippen LogP contribution < -0.4 is 10.5 Å². The van der Waals surface area contributed by atoms with Gasteiger partial charge in [-0.15, -0.1) is 0 Å². The Morgan fingerprint density at radius 3 is 2.29 bits per heavy atom. The van der Waals surface area contributed by atoms with Gasteiger partial charge in [0.1, 0.15) is 0 Å². The summed E-state index contributed by atoms with van der Waals surface area (Å²) in [6.45, 7) is 3.57. The van der Waals surface area contributed by atoms with E-state index >= 15 is 0 Å². The van der Waals surface area contributed by atoms with E-state index in [0.29, 0.717) is 10.6 Å². The van der Waals surface area contributed by atoms with Crippen LogP contribution in [0.3, 0.4) is 0 Å². The molecule has 7 heteroatoms. The summed E-state index contributed by atoms with van der Waals surface area (Å²) in [5.74, 6) is -0.368. The van der Waals surface area contributed by atoms with E-state index in [4.69, 9.17) is 16.7 Å². The van der Waals surface area contributed by atoms with Gasteiger partial charge in [-0.3, -0.25) is 4.79 Å². The van der Waals surface area contributed by atoms with Gasteiger partial charge >= 0.3 is 0 Å². The monoisotopic (exact) mass is 274 g/mol. The summed E-state index contributed by atoms with van der Waals surface area (Å²) in [6, 6.07) is 5.26. The van der Waals surface area contributed by atoms with Crippen molar-refractivity contribution in [3.8, 4) is 0 Å². The Bertz CT molecular complexity index is 537. The van der Waals surface area contributed by atoms with Crippen molar-refractivity contribution in [1.29, 1.82) is 0 Å². The Hall–Kier alpha value is -1.37. The van der Waals surface area contributed by atoms with Crippen LogP contribution in [0.4, 0.5) is 0 Å². The molecule has 1 amide bonds. The van der Waals surface area contributed by atoms with Crippen molar-refractivity contribution in [1.82, 2.24) is 5.32 Å². The van der Waals surface area contributed by atoms with Crippen LogP contribution in [0.25, 0.3) is 0 Å². The molecule has 0 radical (unpaired) electrons. The minimum atomic E-state index is -3.74. The number of sulfonamides is 1. The third-order valence-electron chi connectivity index (χ3n) is 1.89. The average Bonchev–Trinajstić information content (AvgIpc) is 2.25. The first-order valence-electron chi connectivity index (χ1n) is 4.55. The molecule has 0 fully saturated rings. The number of carbonyl (C=O) groups excluding carboxylic acids is 1. The summed E-state index contributed by atoms with van der Waals surface area (Å²) in [4.78, 5) is 11.5. The van der Waals surface area contributed by atoms with Crippen LogP contribution in [-0.2, 0) is 10.0 Å². The largest absolute Gasteiger partial charge is 0.347 e. The molecule has 0 heterocycles. The number of hydrogen-bond donors (Lipinski definition) is 2. The lowest BCUT2D eigenvalue weighted by atomic mass is 10.2. The number of amides is 1. The topological polar surface area (TPSA) is 89.3 Å². The van der Waals surface area contributed by atoms with Crippen LogP contribution in [0.5, 0.6) is 0 Å². The van der Waals surface area contributed by atoms with Gasteiger partial charge in [-0.1, -0.05) is 18.2 Å². The Morgan fingerprint density at radius 2 is 1.88 bits per heavy atom. The second-order valence-corrected chi connectivity index (χ2v) is 5.37. The fourth-order valence-electron chi connectivity index (χ4n) is 1.07. The Morgan fingerprint density at radius 1 is 1.35 bits per heavy atom. The highest BCUT2D eigenvalue weighted by Crippen LogP contribution is 2.08. The molecule has 0 saturated heterocycles. The molecular weight excluding hydrogens is 264 g/mol. The van der Waals surface area contributed by atoms with Crippen LogP contribution in [0, 0.1) is 0 Å². The highest BCUT2D eigenvalue weighted by atomic mass is 35.5. The average molecular weight is 275 g/mol. The van der Waals surface area contributed by atoms with Gasteiger partial charge in [0.15, 0.2) is 0 Å². The number of nitrogens with one attached hydrogen (secondary N) is 1.